The molecule has 1 aromatic rings. The van der Waals surface area contributed by atoms with E-state index in [2.05, 4.69) is 23.6 Å². The smallest absolute Gasteiger partial charge is 0.241 e. The SMILES string of the molecule is CCCCCCNC1CCc2ccccc2NC1=O. The second-order valence-electron chi connectivity index (χ2n) is 5.25. The summed E-state index contributed by atoms with van der Waals surface area (Å²) in [6.07, 6.45) is 6.78. The molecule has 19 heavy (non-hydrogen) atoms. The molecule has 1 unspecified atom stereocenters. The van der Waals surface area contributed by atoms with Crippen molar-refractivity contribution in [1.82, 2.24) is 5.32 Å². The molecule has 0 saturated heterocycles. The van der Waals surface area contributed by atoms with Crippen molar-refractivity contribution in [2.45, 2.75) is 51.5 Å². The molecule has 1 aromatic carbocycles. The second-order valence-corrected chi connectivity index (χ2v) is 5.25. The Balaban J connectivity index is 1.83. The van der Waals surface area contributed by atoms with Gasteiger partial charge in [0.2, 0.25) is 5.91 Å². The second kappa shape index (κ2) is 7.29. The van der Waals surface area contributed by atoms with Crippen LogP contribution in [0.4, 0.5) is 5.69 Å². The molecule has 1 atom stereocenters. The van der Waals surface area contributed by atoms with Gasteiger partial charge in [-0.1, -0.05) is 44.4 Å². The normalized spacial score (nSPS) is 18.6. The van der Waals surface area contributed by atoms with E-state index in [0.29, 0.717) is 0 Å². The van der Waals surface area contributed by atoms with E-state index < -0.39 is 0 Å². The first-order valence-electron chi connectivity index (χ1n) is 7.43. The molecule has 104 valence electrons. The van der Waals surface area contributed by atoms with Gasteiger partial charge < -0.3 is 10.6 Å². The molecule has 0 aliphatic carbocycles. The van der Waals surface area contributed by atoms with Gasteiger partial charge in [-0.15, -0.1) is 0 Å². The van der Waals surface area contributed by atoms with Gasteiger partial charge in [-0.25, -0.2) is 0 Å². The Morgan fingerprint density at radius 3 is 2.95 bits per heavy atom. The first kappa shape index (κ1) is 14.1. The highest BCUT2D eigenvalue weighted by atomic mass is 16.2. The van der Waals surface area contributed by atoms with Gasteiger partial charge in [-0.3, -0.25) is 4.79 Å². The van der Waals surface area contributed by atoms with Crippen LogP contribution in [0.15, 0.2) is 24.3 Å². The van der Waals surface area contributed by atoms with E-state index in [9.17, 15) is 4.79 Å². The topological polar surface area (TPSA) is 41.1 Å². The predicted molar refractivity (Wildman–Crippen MR) is 79.3 cm³/mol. The van der Waals surface area contributed by atoms with E-state index in [1.165, 1.54) is 24.8 Å². The Hall–Kier alpha value is -1.35. The summed E-state index contributed by atoms with van der Waals surface area (Å²) in [5.74, 6) is 0.112. The summed E-state index contributed by atoms with van der Waals surface area (Å²) in [5.41, 5.74) is 2.22. The standard InChI is InChI=1S/C16H24N2O/c1-2-3-4-7-12-17-15-11-10-13-8-5-6-9-14(13)18-16(15)19/h5-6,8-9,15,17H,2-4,7,10-12H2,1H3,(H,18,19). The molecule has 1 aliphatic heterocycles. The van der Waals surface area contributed by atoms with Crippen LogP contribution < -0.4 is 10.6 Å². The largest absolute Gasteiger partial charge is 0.324 e. The van der Waals surface area contributed by atoms with Crippen molar-refractivity contribution >= 4 is 11.6 Å². The molecule has 0 radical (unpaired) electrons. The lowest BCUT2D eigenvalue weighted by molar-refractivity contribution is -0.118. The van der Waals surface area contributed by atoms with Gasteiger partial charge in [0.1, 0.15) is 0 Å². The number of carbonyl (C=O) groups excluding carboxylic acids is 1. The first-order valence-corrected chi connectivity index (χ1v) is 7.43. The molecule has 2 rings (SSSR count). The van der Waals surface area contributed by atoms with Crippen LogP contribution in [-0.2, 0) is 11.2 Å². The minimum absolute atomic E-state index is 0.0472. The number of benzene rings is 1. The average Bonchev–Trinajstić information content (AvgIpc) is 2.58. The lowest BCUT2D eigenvalue weighted by Crippen LogP contribution is -2.40. The third-order valence-corrected chi connectivity index (χ3v) is 3.72. The Morgan fingerprint density at radius 2 is 2.11 bits per heavy atom. The van der Waals surface area contributed by atoms with Crippen LogP contribution in [0, 0.1) is 0 Å². The number of amides is 1. The van der Waals surface area contributed by atoms with Crippen LogP contribution in [-0.4, -0.2) is 18.5 Å². The van der Waals surface area contributed by atoms with Crippen molar-refractivity contribution in [2.24, 2.45) is 0 Å². The fourth-order valence-corrected chi connectivity index (χ4v) is 2.53. The Labute approximate surface area is 115 Å². The molecule has 2 N–H and O–H groups in total. The molecule has 1 heterocycles. The number of aryl methyl sites for hydroxylation is 1. The van der Waals surface area contributed by atoms with Gasteiger partial charge in [0.15, 0.2) is 0 Å². The van der Waals surface area contributed by atoms with Gasteiger partial charge >= 0.3 is 0 Å². The molecule has 1 amide bonds. The number of anilines is 1. The average molecular weight is 260 g/mol. The molecular weight excluding hydrogens is 236 g/mol. The third-order valence-electron chi connectivity index (χ3n) is 3.72. The Bertz CT molecular complexity index is 417. The molecule has 0 bridgehead atoms. The van der Waals surface area contributed by atoms with Gasteiger partial charge in [0.25, 0.3) is 0 Å². The van der Waals surface area contributed by atoms with Gasteiger partial charge in [-0.2, -0.15) is 0 Å². The maximum absolute atomic E-state index is 12.1. The Kier molecular flexibility index (Phi) is 5.40. The molecular formula is C16H24N2O. The zero-order valence-corrected chi connectivity index (χ0v) is 11.7. The van der Waals surface area contributed by atoms with Crippen molar-refractivity contribution in [3.8, 4) is 0 Å². The highest BCUT2D eigenvalue weighted by Gasteiger charge is 2.22. The summed E-state index contributed by atoms with van der Waals surface area (Å²) in [5, 5.41) is 6.42. The molecule has 0 fully saturated rings. The highest BCUT2D eigenvalue weighted by Crippen LogP contribution is 2.21. The first-order chi connectivity index (χ1) is 9.31. The summed E-state index contributed by atoms with van der Waals surface area (Å²) in [7, 11) is 0. The molecule has 1 aliphatic rings. The lowest BCUT2D eigenvalue weighted by Gasteiger charge is -2.15. The summed E-state index contributed by atoms with van der Waals surface area (Å²) in [6, 6.07) is 8.03. The summed E-state index contributed by atoms with van der Waals surface area (Å²) in [6.45, 7) is 3.15. The van der Waals surface area contributed by atoms with E-state index in [1.807, 2.05) is 18.2 Å². The molecule has 0 aromatic heterocycles. The minimum Gasteiger partial charge on any atom is -0.324 e. The maximum atomic E-state index is 12.1. The fourth-order valence-electron chi connectivity index (χ4n) is 2.53. The van der Waals surface area contributed by atoms with Crippen molar-refractivity contribution in [3.63, 3.8) is 0 Å². The number of para-hydroxylation sites is 1. The van der Waals surface area contributed by atoms with Crippen molar-refractivity contribution in [2.75, 3.05) is 11.9 Å². The highest BCUT2D eigenvalue weighted by molar-refractivity contribution is 5.96. The number of unbranched alkanes of at least 4 members (excludes halogenated alkanes) is 3. The zero-order valence-electron chi connectivity index (χ0n) is 11.7. The fraction of sp³-hybridized carbons (Fsp3) is 0.562. The zero-order chi connectivity index (χ0) is 13.5. The minimum atomic E-state index is -0.0472. The van der Waals surface area contributed by atoms with Crippen molar-refractivity contribution in [1.29, 1.82) is 0 Å². The molecule has 0 spiro atoms. The van der Waals surface area contributed by atoms with Crippen LogP contribution in [0.3, 0.4) is 0 Å². The van der Waals surface area contributed by atoms with Crippen LogP contribution in [0.2, 0.25) is 0 Å². The monoisotopic (exact) mass is 260 g/mol. The van der Waals surface area contributed by atoms with E-state index in [1.54, 1.807) is 0 Å². The van der Waals surface area contributed by atoms with Crippen LogP contribution in [0.5, 0.6) is 0 Å². The molecule has 3 nitrogen and oxygen atoms in total. The number of nitrogens with one attached hydrogen (secondary N) is 2. The molecule has 3 heteroatoms. The van der Waals surface area contributed by atoms with Crippen molar-refractivity contribution < 1.29 is 4.79 Å². The number of rotatable bonds is 6. The van der Waals surface area contributed by atoms with E-state index in [0.717, 1.165) is 31.5 Å². The molecule has 0 saturated carbocycles. The van der Waals surface area contributed by atoms with Gasteiger partial charge in [0.05, 0.1) is 6.04 Å². The summed E-state index contributed by atoms with van der Waals surface area (Å²) in [4.78, 5) is 12.1. The van der Waals surface area contributed by atoms with Crippen LogP contribution in [0.25, 0.3) is 0 Å². The number of carbonyl (C=O) groups is 1. The van der Waals surface area contributed by atoms with Crippen molar-refractivity contribution in [3.05, 3.63) is 29.8 Å². The third kappa shape index (κ3) is 4.06. The van der Waals surface area contributed by atoms with Gasteiger partial charge in [-0.05, 0) is 37.4 Å². The quantitative estimate of drug-likeness (QED) is 0.772. The lowest BCUT2D eigenvalue weighted by atomic mass is 10.1. The summed E-state index contributed by atoms with van der Waals surface area (Å²) >= 11 is 0. The number of hydrogen-bond donors (Lipinski definition) is 2. The Morgan fingerprint density at radius 1 is 1.26 bits per heavy atom. The van der Waals surface area contributed by atoms with Crippen LogP contribution >= 0.6 is 0 Å². The van der Waals surface area contributed by atoms with Gasteiger partial charge in [0, 0.05) is 5.69 Å². The number of hydrogen-bond acceptors (Lipinski definition) is 2. The van der Waals surface area contributed by atoms with Crippen LogP contribution in [0.1, 0.15) is 44.6 Å². The number of fused-ring (bicyclic) bond motifs is 1. The summed E-state index contributed by atoms with van der Waals surface area (Å²) < 4.78 is 0. The van der Waals surface area contributed by atoms with E-state index in [-0.39, 0.29) is 11.9 Å². The maximum Gasteiger partial charge on any atom is 0.241 e. The van der Waals surface area contributed by atoms with E-state index in [4.69, 9.17) is 0 Å². The van der Waals surface area contributed by atoms with E-state index >= 15 is 0 Å². The predicted octanol–water partition coefficient (Wildman–Crippen LogP) is 3.11.